The van der Waals surface area contributed by atoms with Crippen molar-refractivity contribution >= 4 is 17.9 Å². The van der Waals surface area contributed by atoms with Crippen molar-refractivity contribution < 1.29 is 28.6 Å². The molecular formula is C30H48O6. The fraction of sp³-hybridized carbons (Fsp3) is 0.833. The number of hydrogen-bond acceptors (Lipinski definition) is 6. The molecule has 204 valence electrons. The predicted molar refractivity (Wildman–Crippen MR) is 139 cm³/mol. The summed E-state index contributed by atoms with van der Waals surface area (Å²) in [6.07, 6.45) is 17.7. The lowest BCUT2D eigenvalue weighted by molar-refractivity contribution is -0.156. The minimum absolute atomic E-state index is 0.0508. The molecule has 3 aliphatic carbocycles. The molecule has 3 fully saturated rings. The minimum Gasteiger partial charge on any atom is -0.465 e. The van der Waals surface area contributed by atoms with Crippen molar-refractivity contribution in [2.24, 2.45) is 29.6 Å². The van der Waals surface area contributed by atoms with E-state index in [-0.39, 0.29) is 24.0 Å². The van der Waals surface area contributed by atoms with Gasteiger partial charge in [-0.25, -0.2) is 4.79 Å². The Bertz CT molecular complexity index is 694. The molecule has 0 spiro atoms. The molecule has 0 amide bonds. The van der Waals surface area contributed by atoms with Gasteiger partial charge >= 0.3 is 17.9 Å². The van der Waals surface area contributed by atoms with Crippen LogP contribution in [0.15, 0.2) is 12.7 Å². The van der Waals surface area contributed by atoms with Gasteiger partial charge in [-0.1, -0.05) is 32.8 Å². The number of rotatable bonds is 12. The Balaban J connectivity index is 1.23. The third-order valence-electron chi connectivity index (χ3n) is 8.98. The third-order valence-corrected chi connectivity index (χ3v) is 8.98. The molecule has 0 heterocycles. The Morgan fingerprint density at radius 3 is 1.86 bits per heavy atom. The van der Waals surface area contributed by atoms with Crippen LogP contribution in [-0.2, 0) is 28.6 Å². The average molecular weight is 505 g/mol. The summed E-state index contributed by atoms with van der Waals surface area (Å²) < 4.78 is 16.1. The first-order valence-electron chi connectivity index (χ1n) is 14.6. The summed E-state index contributed by atoms with van der Waals surface area (Å²) in [6, 6.07) is 0. The van der Waals surface area contributed by atoms with E-state index in [9.17, 15) is 14.4 Å². The second-order valence-electron chi connectivity index (χ2n) is 11.4. The fourth-order valence-corrected chi connectivity index (χ4v) is 6.54. The molecule has 0 aromatic rings. The van der Waals surface area contributed by atoms with Crippen molar-refractivity contribution in [1.29, 1.82) is 0 Å². The SMILES string of the molecule is C=CC(=O)OCCCCOC(=O)C1CCC(OC(=O)CC2CCC(C3CCC(CC)CC3)CC2)CC1. The van der Waals surface area contributed by atoms with E-state index in [1.807, 2.05) is 0 Å². The van der Waals surface area contributed by atoms with Gasteiger partial charge in [-0.2, -0.15) is 0 Å². The Kier molecular flexibility index (Phi) is 12.3. The van der Waals surface area contributed by atoms with Crippen molar-refractivity contribution in [3.05, 3.63) is 12.7 Å². The molecule has 0 saturated heterocycles. The second kappa shape index (κ2) is 15.4. The molecule has 6 nitrogen and oxygen atoms in total. The average Bonchev–Trinajstić information content (AvgIpc) is 2.91. The lowest BCUT2D eigenvalue weighted by atomic mass is 9.68. The largest absolute Gasteiger partial charge is 0.465 e. The van der Waals surface area contributed by atoms with E-state index in [0.717, 1.165) is 36.7 Å². The third kappa shape index (κ3) is 9.55. The first kappa shape index (κ1) is 28.7. The van der Waals surface area contributed by atoms with Crippen molar-refractivity contribution in [2.45, 2.75) is 116 Å². The number of hydrogen-bond donors (Lipinski definition) is 0. The van der Waals surface area contributed by atoms with Gasteiger partial charge in [0, 0.05) is 12.5 Å². The minimum atomic E-state index is -0.434. The van der Waals surface area contributed by atoms with Crippen molar-refractivity contribution in [3.63, 3.8) is 0 Å². The van der Waals surface area contributed by atoms with Gasteiger partial charge in [-0.3, -0.25) is 9.59 Å². The van der Waals surface area contributed by atoms with Gasteiger partial charge < -0.3 is 14.2 Å². The number of esters is 3. The first-order valence-corrected chi connectivity index (χ1v) is 14.6. The highest BCUT2D eigenvalue weighted by atomic mass is 16.5. The highest BCUT2D eigenvalue weighted by Gasteiger charge is 2.33. The van der Waals surface area contributed by atoms with Crippen LogP contribution in [0.25, 0.3) is 0 Å². The monoisotopic (exact) mass is 504 g/mol. The van der Waals surface area contributed by atoms with E-state index in [1.165, 1.54) is 57.8 Å². The number of ether oxygens (including phenoxy) is 3. The van der Waals surface area contributed by atoms with Crippen LogP contribution in [0.1, 0.15) is 110 Å². The number of carbonyl (C=O) groups excluding carboxylic acids is 3. The summed E-state index contributed by atoms with van der Waals surface area (Å²) in [5.74, 6) is 2.47. The molecule has 0 unspecified atom stereocenters. The molecule has 0 aromatic carbocycles. The van der Waals surface area contributed by atoms with Crippen LogP contribution >= 0.6 is 0 Å². The van der Waals surface area contributed by atoms with Gasteiger partial charge in [0.15, 0.2) is 0 Å². The molecular weight excluding hydrogens is 456 g/mol. The molecule has 6 heteroatoms. The Labute approximate surface area is 217 Å². The summed E-state index contributed by atoms with van der Waals surface area (Å²) >= 11 is 0. The lowest BCUT2D eigenvalue weighted by Gasteiger charge is -2.37. The molecule has 3 saturated carbocycles. The smallest absolute Gasteiger partial charge is 0.330 e. The summed E-state index contributed by atoms with van der Waals surface area (Å²) in [4.78, 5) is 35.9. The predicted octanol–water partition coefficient (Wildman–Crippen LogP) is 6.55. The zero-order valence-electron chi connectivity index (χ0n) is 22.4. The quantitative estimate of drug-likeness (QED) is 0.130. The molecule has 0 N–H and O–H groups in total. The number of carbonyl (C=O) groups is 3. The molecule has 0 bridgehead atoms. The van der Waals surface area contributed by atoms with Gasteiger partial charge in [0.05, 0.1) is 19.1 Å². The van der Waals surface area contributed by atoms with Crippen molar-refractivity contribution in [1.82, 2.24) is 0 Å². The van der Waals surface area contributed by atoms with Crippen LogP contribution in [-0.4, -0.2) is 37.2 Å². The topological polar surface area (TPSA) is 78.9 Å². The molecule has 0 aromatic heterocycles. The molecule has 0 radical (unpaired) electrons. The standard InChI is InChI=1S/C30H48O6/c1-3-22-7-11-24(12-8-22)25-13-9-23(10-14-25)21-29(32)36-27-17-15-26(16-18-27)30(33)35-20-6-5-19-34-28(31)4-2/h4,22-27H,2-3,5-21H2,1H3. The Morgan fingerprint density at radius 2 is 1.31 bits per heavy atom. The van der Waals surface area contributed by atoms with E-state index in [1.54, 1.807) is 0 Å². The van der Waals surface area contributed by atoms with Crippen LogP contribution in [0.3, 0.4) is 0 Å². The Hall–Kier alpha value is -1.85. The van der Waals surface area contributed by atoms with Gasteiger partial charge in [0.25, 0.3) is 0 Å². The number of unbranched alkanes of at least 4 members (excludes halogenated alkanes) is 1. The molecule has 36 heavy (non-hydrogen) atoms. The van der Waals surface area contributed by atoms with Crippen molar-refractivity contribution in [3.8, 4) is 0 Å². The zero-order valence-corrected chi connectivity index (χ0v) is 22.4. The van der Waals surface area contributed by atoms with Gasteiger partial charge in [-0.05, 0) is 101 Å². The maximum atomic E-state index is 12.6. The van der Waals surface area contributed by atoms with Crippen LogP contribution in [0.2, 0.25) is 0 Å². The first-order chi connectivity index (χ1) is 17.5. The Morgan fingerprint density at radius 1 is 0.750 bits per heavy atom. The summed E-state index contributed by atoms with van der Waals surface area (Å²) in [6.45, 7) is 6.31. The summed E-state index contributed by atoms with van der Waals surface area (Å²) in [5, 5.41) is 0. The molecule has 0 atom stereocenters. The van der Waals surface area contributed by atoms with Crippen LogP contribution < -0.4 is 0 Å². The van der Waals surface area contributed by atoms with Gasteiger partial charge in [0.1, 0.15) is 6.10 Å². The van der Waals surface area contributed by atoms with Crippen LogP contribution in [0, 0.1) is 29.6 Å². The summed E-state index contributed by atoms with van der Waals surface area (Å²) in [5.41, 5.74) is 0. The maximum Gasteiger partial charge on any atom is 0.330 e. The second-order valence-corrected chi connectivity index (χ2v) is 11.4. The highest BCUT2D eigenvalue weighted by Crippen LogP contribution is 2.42. The highest BCUT2D eigenvalue weighted by molar-refractivity contribution is 5.81. The van der Waals surface area contributed by atoms with E-state index < -0.39 is 5.97 Å². The summed E-state index contributed by atoms with van der Waals surface area (Å²) in [7, 11) is 0. The molecule has 3 rings (SSSR count). The van der Waals surface area contributed by atoms with E-state index in [4.69, 9.17) is 14.2 Å². The molecule has 0 aliphatic heterocycles. The zero-order chi connectivity index (χ0) is 25.8. The molecule has 3 aliphatic rings. The van der Waals surface area contributed by atoms with E-state index in [0.29, 0.717) is 51.2 Å². The van der Waals surface area contributed by atoms with Crippen LogP contribution in [0.4, 0.5) is 0 Å². The van der Waals surface area contributed by atoms with Crippen LogP contribution in [0.5, 0.6) is 0 Å². The maximum absolute atomic E-state index is 12.6. The lowest BCUT2D eigenvalue weighted by Crippen LogP contribution is -2.30. The fourth-order valence-electron chi connectivity index (χ4n) is 6.54. The van der Waals surface area contributed by atoms with Gasteiger partial charge in [0.2, 0.25) is 0 Å². The van der Waals surface area contributed by atoms with E-state index in [2.05, 4.69) is 13.5 Å². The normalized spacial score (nSPS) is 30.7. The van der Waals surface area contributed by atoms with Gasteiger partial charge in [-0.15, -0.1) is 0 Å². The van der Waals surface area contributed by atoms with E-state index >= 15 is 0 Å². The van der Waals surface area contributed by atoms with Crippen molar-refractivity contribution in [2.75, 3.05) is 13.2 Å².